The number of carbonyl (C=O) groups is 1. The van der Waals surface area contributed by atoms with E-state index in [1.165, 1.54) is 16.2 Å². The molecule has 0 saturated carbocycles. The largest absolute Gasteiger partial charge is 0.306 e. The quantitative estimate of drug-likeness (QED) is 0.919. The molecule has 2 rings (SSSR count). The van der Waals surface area contributed by atoms with E-state index in [2.05, 4.69) is 17.3 Å². The number of nitrogens with one attached hydrogen (secondary N) is 1. The van der Waals surface area contributed by atoms with E-state index in [-0.39, 0.29) is 11.9 Å². The van der Waals surface area contributed by atoms with Gasteiger partial charge in [-0.05, 0) is 32.4 Å². The van der Waals surface area contributed by atoms with Crippen LogP contribution >= 0.6 is 11.3 Å². The smallest absolute Gasteiger partial charge is 0.266 e. The highest BCUT2D eigenvalue weighted by molar-refractivity contribution is 7.14. The SMILES string of the molecule is CCc1ccc(C(=O)Nc2ccnn2C(C)C)s1. The summed E-state index contributed by atoms with van der Waals surface area (Å²) >= 11 is 1.54. The molecule has 0 atom stereocenters. The second kappa shape index (κ2) is 5.35. The van der Waals surface area contributed by atoms with Crippen molar-refractivity contribution in [2.24, 2.45) is 0 Å². The summed E-state index contributed by atoms with van der Waals surface area (Å²) in [5.41, 5.74) is 0. The van der Waals surface area contributed by atoms with Crippen LogP contribution in [0.15, 0.2) is 24.4 Å². The van der Waals surface area contributed by atoms with Gasteiger partial charge in [-0.1, -0.05) is 6.92 Å². The zero-order valence-corrected chi connectivity index (χ0v) is 11.6. The lowest BCUT2D eigenvalue weighted by Crippen LogP contribution is -2.15. The molecule has 2 aromatic rings. The molecule has 0 aliphatic rings. The highest BCUT2D eigenvalue weighted by Gasteiger charge is 2.12. The Morgan fingerprint density at radius 2 is 2.22 bits per heavy atom. The molecule has 18 heavy (non-hydrogen) atoms. The van der Waals surface area contributed by atoms with Gasteiger partial charge in [-0.15, -0.1) is 11.3 Å². The first-order valence-electron chi connectivity index (χ1n) is 6.05. The van der Waals surface area contributed by atoms with E-state index in [4.69, 9.17) is 0 Å². The Kier molecular flexibility index (Phi) is 3.81. The number of hydrogen-bond acceptors (Lipinski definition) is 3. The molecule has 1 N–H and O–H groups in total. The maximum Gasteiger partial charge on any atom is 0.266 e. The van der Waals surface area contributed by atoms with Gasteiger partial charge >= 0.3 is 0 Å². The molecule has 1 amide bonds. The first-order chi connectivity index (χ1) is 8.61. The fraction of sp³-hybridized carbons (Fsp3) is 0.385. The van der Waals surface area contributed by atoms with Gasteiger partial charge in [-0.3, -0.25) is 4.79 Å². The van der Waals surface area contributed by atoms with E-state index < -0.39 is 0 Å². The van der Waals surface area contributed by atoms with Gasteiger partial charge in [0.25, 0.3) is 5.91 Å². The molecule has 2 heterocycles. The van der Waals surface area contributed by atoms with Crippen molar-refractivity contribution in [1.29, 1.82) is 0 Å². The second-order valence-electron chi connectivity index (χ2n) is 4.33. The van der Waals surface area contributed by atoms with Crippen molar-refractivity contribution >= 4 is 23.1 Å². The summed E-state index contributed by atoms with van der Waals surface area (Å²) in [4.78, 5) is 14.0. The molecule has 2 aromatic heterocycles. The van der Waals surface area contributed by atoms with Crippen LogP contribution < -0.4 is 5.32 Å². The van der Waals surface area contributed by atoms with Crippen molar-refractivity contribution in [3.8, 4) is 0 Å². The summed E-state index contributed by atoms with van der Waals surface area (Å²) in [5.74, 6) is 0.670. The molecule has 4 nitrogen and oxygen atoms in total. The molecule has 0 aliphatic carbocycles. The van der Waals surface area contributed by atoms with Gasteiger partial charge in [0.05, 0.1) is 11.1 Å². The maximum atomic E-state index is 12.1. The predicted molar refractivity (Wildman–Crippen MR) is 74.3 cm³/mol. The van der Waals surface area contributed by atoms with Crippen LogP contribution in [0.3, 0.4) is 0 Å². The van der Waals surface area contributed by atoms with Gasteiger partial charge in [0.15, 0.2) is 0 Å². The van der Waals surface area contributed by atoms with E-state index in [1.54, 1.807) is 10.9 Å². The number of rotatable bonds is 4. The lowest BCUT2D eigenvalue weighted by molar-refractivity contribution is 0.102. The minimum absolute atomic E-state index is 0.0675. The monoisotopic (exact) mass is 263 g/mol. The lowest BCUT2D eigenvalue weighted by Gasteiger charge is -2.11. The third-order valence-electron chi connectivity index (χ3n) is 2.63. The van der Waals surface area contributed by atoms with E-state index in [9.17, 15) is 4.79 Å². The third-order valence-corrected chi connectivity index (χ3v) is 3.86. The normalized spacial score (nSPS) is 10.9. The van der Waals surface area contributed by atoms with Crippen molar-refractivity contribution in [3.63, 3.8) is 0 Å². The summed E-state index contributed by atoms with van der Waals surface area (Å²) < 4.78 is 1.80. The summed E-state index contributed by atoms with van der Waals surface area (Å²) in [7, 11) is 0. The molecule has 0 aromatic carbocycles. The van der Waals surface area contributed by atoms with Gasteiger partial charge in [0, 0.05) is 17.0 Å². The summed E-state index contributed by atoms with van der Waals surface area (Å²) in [6.07, 6.45) is 2.66. The number of amides is 1. The zero-order chi connectivity index (χ0) is 13.1. The van der Waals surface area contributed by atoms with Gasteiger partial charge in [0.1, 0.15) is 5.82 Å². The zero-order valence-electron chi connectivity index (χ0n) is 10.8. The van der Waals surface area contributed by atoms with Gasteiger partial charge in [-0.25, -0.2) is 4.68 Å². The molecule has 0 bridgehead atoms. The number of hydrogen-bond donors (Lipinski definition) is 1. The first-order valence-corrected chi connectivity index (χ1v) is 6.87. The number of aromatic nitrogens is 2. The van der Waals surface area contributed by atoms with Crippen LogP contribution in [0.25, 0.3) is 0 Å². The summed E-state index contributed by atoms with van der Waals surface area (Å²) in [6, 6.07) is 5.91. The van der Waals surface area contributed by atoms with Gasteiger partial charge in [0.2, 0.25) is 0 Å². The fourth-order valence-electron chi connectivity index (χ4n) is 1.69. The standard InChI is InChI=1S/C13H17N3OS/c1-4-10-5-6-11(18-10)13(17)15-12-7-8-14-16(12)9(2)3/h5-9H,4H2,1-3H3,(H,15,17). The van der Waals surface area contributed by atoms with Crippen molar-refractivity contribution in [2.75, 3.05) is 5.32 Å². The summed E-state index contributed by atoms with van der Waals surface area (Å²) in [5, 5.41) is 7.09. The second-order valence-corrected chi connectivity index (χ2v) is 5.50. The van der Waals surface area contributed by atoms with Crippen LogP contribution in [0.4, 0.5) is 5.82 Å². The summed E-state index contributed by atoms with van der Waals surface area (Å²) in [6.45, 7) is 6.15. The van der Waals surface area contributed by atoms with Gasteiger partial charge < -0.3 is 5.32 Å². The molecule has 0 radical (unpaired) electrons. The number of anilines is 1. The number of nitrogens with zero attached hydrogens (tertiary/aromatic N) is 2. The molecule has 0 fully saturated rings. The minimum Gasteiger partial charge on any atom is -0.306 e. The minimum atomic E-state index is -0.0675. The Hall–Kier alpha value is -1.62. The topological polar surface area (TPSA) is 46.9 Å². The van der Waals surface area contributed by atoms with E-state index >= 15 is 0 Å². The Labute approximate surface area is 111 Å². The van der Waals surface area contributed by atoms with E-state index in [1.807, 2.05) is 32.0 Å². The average Bonchev–Trinajstić information content (AvgIpc) is 2.96. The highest BCUT2D eigenvalue weighted by Crippen LogP contribution is 2.19. The first kappa shape index (κ1) is 12.8. The Balaban J connectivity index is 2.13. The third kappa shape index (κ3) is 2.61. The molecular weight excluding hydrogens is 246 g/mol. The van der Waals surface area contributed by atoms with Crippen LogP contribution in [0.2, 0.25) is 0 Å². The van der Waals surface area contributed by atoms with E-state index in [0.717, 1.165) is 17.1 Å². The highest BCUT2D eigenvalue weighted by atomic mass is 32.1. The average molecular weight is 263 g/mol. The molecule has 0 unspecified atom stereocenters. The van der Waals surface area contributed by atoms with Crippen molar-refractivity contribution in [3.05, 3.63) is 34.2 Å². The Bertz CT molecular complexity index is 542. The maximum absolute atomic E-state index is 12.1. The molecular formula is C13H17N3OS. The van der Waals surface area contributed by atoms with Crippen LogP contribution in [-0.4, -0.2) is 15.7 Å². The lowest BCUT2D eigenvalue weighted by atomic mass is 10.3. The fourth-order valence-corrected chi connectivity index (χ4v) is 2.54. The van der Waals surface area contributed by atoms with Crippen LogP contribution in [0.5, 0.6) is 0 Å². The van der Waals surface area contributed by atoms with Crippen molar-refractivity contribution in [2.45, 2.75) is 33.2 Å². The number of aryl methyl sites for hydroxylation is 1. The number of thiophene rings is 1. The molecule has 0 spiro atoms. The van der Waals surface area contributed by atoms with Gasteiger partial charge in [-0.2, -0.15) is 5.10 Å². The van der Waals surface area contributed by atoms with Crippen LogP contribution in [-0.2, 0) is 6.42 Å². The van der Waals surface area contributed by atoms with Crippen molar-refractivity contribution < 1.29 is 4.79 Å². The van der Waals surface area contributed by atoms with Crippen LogP contribution in [0.1, 0.15) is 41.4 Å². The van der Waals surface area contributed by atoms with Crippen LogP contribution in [0, 0.1) is 0 Å². The molecule has 96 valence electrons. The predicted octanol–water partition coefficient (Wildman–Crippen LogP) is 3.34. The van der Waals surface area contributed by atoms with Crippen molar-refractivity contribution in [1.82, 2.24) is 9.78 Å². The Morgan fingerprint density at radius 1 is 1.44 bits per heavy atom. The molecule has 0 aliphatic heterocycles. The number of carbonyl (C=O) groups excluding carboxylic acids is 1. The molecule has 5 heteroatoms. The Morgan fingerprint density at radius 3 is 2.83 bits per heavy atom. The van der Waals surface area contributed by atoms with E-state index in [0.29, 0.717) is 0 Å². The molecule has 0 saturated heterocycles.